The molecule has 96 valence electrons. The number of amides is 2. The summed E-state index contributed by atoms with van der Waals surface area (Å²) in [6.07, 6.45) is 5.60. The number of carbonyl (C=O) groups is 2. The molecular weight excluding hydrogens is 238 g/mol. The molecule has 0 bridgehead atoms. The molecule has 0 atom stereocenters. The van der Waals surface area contributed by atoms with Crippen molar-refractivity contribution in [3.63, 3.8) is 0 Å². The standard InChI is InChI=1S/C10H13N5O3/c16-9(7-15-18)13-2-1-3-14-10(17)8-6-11-4-5-12-8/h4-7,18H,1-3H2,(H,13,16)(H,14,17)/b15-7-. The van der Waals surface area contributed by atoms with E-state index in [2.05, 4.69) is 25.8 Å². The van der Waals surface area contributed by atoms with Crippen molar-refractivity contribution in [3.05, 3.63) is 24.3 Å². The van der Waals surface area contributed by atoms with Crippen LogP contribution in [0.5, 0.6) is 0 Å². The first-order chi connectivity index (χ1) is 8.74. The molecule has 1 heterocycles. The van der Waals surface area contributed by atoms with Gasteiger partial charge < -0.3 is 15.8 Å². The second kappa shape index (κ2) is 7.71. The van der Waals surface area contributed by atoms with E-state index in [1.807, 2.05) is 0 Å². The van der Waals surface area contributed by atoms with Gasteiger partial charge in [-0.25, -0.2) is 4.98 Å². The lowest BCUT2D eigenvalue weighted by Crippen LogP contribution is -2.30. The van der Waals surface area contributed by atoms with Crippen LogP contribution in [0.4, 0.5) is 0 Å². The molecule has 0 fully saturated rings. The van der Waals surface area contributed by atoms with Crippen molar-refractivity contribution in [2.45, 2.75) is 6.42 Å². The van der Waals surface area contributed by atoms with Crippen LogP contribution in [0.3, 0.4) is 0 Å². The Morgan fingerprint density at radius 2 is 2.11 bits per heavy atom. The average molecular weight is 251 g/mol. The first-order valence-electron chi connectivity index (χ1n) is 5.23. The van der Waals surface area contributed by atoms with Crippen LogP contribution in [0, 0.1) is 0 Å². The second-order valence-corrected chi connectivity index (χ2v) is 3.24. The van der Waals surface area contributed by atoms with Gasteiger partial charge in [0.2, 0.25) is 0 Å². The minimum absolute atomic E-state index is 0.244. The molecule has 0 aliphatic rings. The molecule has 0 aliphatic heterocycles. The predicted molar refractivity (Wildman–Crippen MR) is 62.3 cm³/mol. The molecular formula is C10H13N5O3. The maximum absolute atomic E-state index is 11.5. The topological polar surface area (TPSA) is 117 Å². The first-order valence-corrected chi connectivity index (χ1v) is 5.23. The van der Waals surface area contributed by atoms with E-state index < -0.39 is 5.91 Å². The predicted octanol–water partition coefficient (Wildman–Crippen LogP) is -0.827. The smallest absolute Gasteiger partial charge is 0.271 e. The van der Waals surface area contributed by atoms with Crippen molar-refractivity contribution in [1.82, 2.24) is 20.6 Å². The van der Waals surface area contributed by atoms with E-state index >= 15 is 0 Å². The molecule has 0 saturated carbocycles. The molecule has 0 radical (unpaired) electrons. The van der Waals surface area contributed by atoms with Crippen molar-refractivity contribution in [2.24, 2.45) is 5.16 Å². The van der Waals surface area contributed by atoms with Crippen molar-refractivity contribution in [3.8, 4) is 0 Å². The van der Waals surface area contributed by atoms with Crippen molar-refractivity contribution >= 4 is 18.0 Å². The Morgan fingerprint density at radius 1 is 1.33 bits per heavy atom. The molecule has 0 aliphatic carbocycles. The van der Waals surface area contributed by atoms with Gasteiger partial charge in [0.15, 0.2) is 0 Å². The van der Waals surface area contributed by atoms with Crippen LogP contribution in [0.25, 0.3) is 0 Å². The lowest BCUT2D eigenvalue weighted by molar-refractivity contribution is -0.114. The number of carbonyl (C=O) groups excluding carboxylic acids is 2. The van der Waals surface area contributed by atoms with Crippen molar-refractivity contribution in [2.75, 3.05) is 13.1 Å². The van der Waals surface area contributed by atoms with Gasteiger partial charge in [0, 0.05) is 25.5 Å². The Bertz CT molecular complexity index is 421. The molecule has 8 nitrogen and oxygen atoms in total. The van der Waals surface area contributed by atoms with E-state index in [9.17, 15) is 9.59 Å². The average Bonchev–Trinajstić information content (AvgIpc) is 2.39. The van der Waals surface area contributed by atoms with Crippen LogP contribution >= 0.6 is 0 Å². The van der Waals surface area contributed by atoms with E-state index in [-0.39, 0.29) is 11.6 Å². The number of nitrogens with zero attached hydrogens (tertiary/aromatic N) is 3. The van der Waals surface area contributed by atoms with Crippen LogP contribution in [-0.4, -0.2) is 46.3 Å². The van der Waals surface area contributed by atoms with E-state index in [1.165, 1.54) is 18.6 Å². The zero-order valence-corrected chi connectivity index (χ0v) is 9.54. The quantitative estimate of drug-likeness (QED) is 0.264. The highest BCUT2D eigenvalue weighted by molar-refractivity contribution is 6.25. The molecule has 1 aromatic heterocycles. The third kappa shape index (κ3) is 5.01. The monoisotopic (exact) mass is 251 g/mol. The molecule has 0 aromatic carbocycles. The highest BCUT2D eigenvalue weighted by Crippen LogP contribution is 1.89. The lowest BCUT2D eigenvalue weighted by Gasteiger charge is -2.04. The Morgan fingerprint density at radius 3 is 2.78 bits per heavy atom. The molecule has 0 spiro atoms. The van der Waals surface area contributed by atoms with Crippen molar-refractivity contribution in [1.29, 1.82) is 0 Å². The summed E-state index contributed by atoms with van der Waals surface area (Å²) >= 11 is 0. The summed E-state index contributed by atoms with van der Waals surface area (Å²) in [7, 11) is 0. The molecule has 0 saturated heterocycles. The zero-order valence-electron chi connectivity index (χ0n) is 9.54. The highest BCUT2D eigenvalue weighted by Gasteiger charge is 2.05. The Labute approximate surface area is 103 Å². The SMILES string of the molecule is O=C(/C=N\O)NCCCNC(=O)c1cnccn1. The van der Waals surface area contributed by atoms with Gasteiger partial charge in [0.1, 0.15) is 11.9 Å². The van der Waals surface area contributed by atoms with Crippen LogP contribution < -0.4 is 10.6 Å². The molecule has 3 N–H and O–H groups in total. The summed E-state index contributed by atoms with van der Waals surface area (Å²) in [5, 5.41) is 15.8. The fraction of sp³-hybridized carbons (Fsp3) is 0.300. The van der Waals surface area contributed by atoms with Gasteiger partial charge in [-0.3, -0.25) is 14.6 Å². The lowest BCUT2D eigenvalue weighted by atomic mass is 10.3. The van der Waals surface area contributed by atoms with Gasteiger partial charge in [0.25, 0.3) is 11.8 Å². The van der Waals surface area contributed by atoms with Crippen LogP contribution in [0.2, 0.25) is 0 Å². The summed E-state index contributed by atoms with van der Waals surface area (Å²) in [5.41, 5.74) is 0.244. The van der Waals surface area contributed by atoms with E-state index in [0.29, 0.717) is 19.5 Å². The van der Waals surface area contributed by atoms with Crippen LogP contribution in [0.15, 0.2) is 23.7 Å². The first kappa shape index (κ1) is 13.6. The molecule has 1 rings (SSSR count). The normalized spacial score (nSPS) is 10.2. The van der Waals surface area contributed by atoms with Gasteiger partial charge in [-0.2, -0.15) is 0 Å². The summed E-state index contributed by atoms with van der Waals surface area (Å²) in [6.45, 7) is 0.761. The fourth-order valence-electron chi connectivity index (χ4n) is 1.11. The summed E-state index contributed by atoms with van der Waals surface area (Å²) < 4.78 is 0. The maximum Gasteiger partial charge on any atom is 0.271 e. The van der Waals surface area contributed by atoms with Gasteiger partial charge in [0.05, 0.1) is 6.20 Å². The van der Waals surface area contributed by atoms with Crippen LogP contribution in [0.1, 0.15) is 16.9 Å². The van der Waals surface area contributed by atoms with E-state index in [1.54, 1.807) is 0 Å². The number of hydrogen-bond acceptors (Lipinski definition) is 6. The molecule has 0 unspecified atom stereocenters. The van der Waals surface area contributed by atoms with E-state index in [4.69, 9.17) is 5.21 Å². The number of hydrogen-bond donors (Lipinski definition) is 3. The summed E-state index contributed by atoms with van der Waals surface area (Å²) in [6, 6.07) is 0. The number of rotatable bonds is 6. The number of nitrogens with one attached hydrogen (secondary N) is 2. The largest absolute Gasteiger partial charge is 0.411 e. The van der Waals surface area contributed by atoms with Gasteiger partial charge >= 0.3 is 0 Å². The zero-order chi connectivity index (χ0) is 13.2. The van der Waals surface area contributed by atoms with E-state index in [0.717, 1.165) is 6.21 Å². The van der Waals surface area contributed by atoms with Gasteiger partial charge in [-0.05, 0) is 6.42 Å². The molecule has 8 heteroatoms. The highest BCUT2D eigenvalue weighted by atomic mass is 16.4. The molecule has 1 aromatic rings. The Hall–Kier alpha value is -2.51. The third-order valence-electron chi connectivity index (χ3n) is 1.91. The minimum Gasteiger partial charge on any atom is -0.411 e. The molecule has 18 heavy (non-hydrogen) atoms. The second-order valence-electron chi connectivity index (χ2n) is 3.24. The van der Waals surface area contributed by atoms with Gasteiger partial charge in [-0.15, -0.1) is 0 Å². The number of oxime groups is 1. The Kier molecular flexibility index (Phi) is 5.81. The number of aromatic nitrogens is 2. The Balaban J connectivity index is 2.15. The summed E-state index contributed by atoms with van der Waals surface area (Å²) in [4.78, 5) is 29.9. The fourth-order valence-corrected chi connectivity index (χ4v) is 1.11. The maximum atomic E-state index is 11.5. The summed E-state index contributed by atoms with van der Waals surface area (Å²) in [5.74, 6) is -0.802. The third-order valence-corrected chi connectivity index (χ3v) is 1.91. The van der Waals surface area contributed by atoms with Crippen LogP contribution in [-0.2, 0) is 4.79 Å². The minimum atomic E-state index is -0.488. The molecule has 2 amide bonds. The van der Waals surface area contributed by atoms with Crippen molar-refractivity contribution < 1.29 is 14.8 Å². The van der Waals surface area contributed by atoms with Gasteiger partial charge in [-0.1, -0.05) is 5.16 Å².